The highest BCUT2D eigenvalue weighted by Crippen LogP contribution is 2.16. The van der Waals surface area contributed by atoms with Crippen LogP contribution < -0.4 is 5.32 Å². The first-order valence-electron chi connectivity index (χ1n) is 10.9. The van der Waals surface area contributed by atoms with Crippen molar-refractivity contribution in [2.45, 2.75) is 39.3 Å². The predicted octanol–water partition coefficient (Wildman–Crippen LogP) is 3.14. The van der Waals surface area contributed by atoms with Crippen LogP contribution >= 0.6 is 24.0 Å². The average molecular weight is 529 g/mol. The van der Waals surface area contributed by atoms with Crippen molar-refractivity contribution in [3.63, 3.8) is 0 Å². The Bertz CT molecular complexity index is 686. The summed E-state index contributed by atoms with van der Waals surface area (Å²) >= 11 is 0. The molecule has 0 unspecified atom stereocenters. The Balaban J connectivity index is 0.00000320. The number of hydrogen-bond acceptors (Lipinski definition) is 4. The number of amides is 1. The molecule has 3 rings (SSSR count). The standard InChI is InChI=1S/C22H35N5O2.HI/c1-3-29-22(28)27-15-13-26(14-16-27)21(23-2)24-17-19-9-5-6-10-20(19)18-25-11-7-4-8-12-25;/h5-6,9-10H,3-4,7-8,11-18H2,1-2H3,(H,23,24);1H. The third-order valence-electron chi connectivity index (χ3n) is 5.71. The molecule has 1 aromatic carbocycles. The van der Waals surface area contributed by atoms with E-state index in [1.807, 2.05) is 14.0 Å². The highest BCUT2D eigenvalue weighted by molar-refractivity contribution is 14.0. The topological polar surface area (TPSA) is 60.4 Å². The van der Waals surface area contributed by atoms with Crippen molar-refractivity contribution in [1.82, 2.24) is 20.0 Å². The second kappa shape index (κ2) is 13.0. The molecule has 1 aromatic rings. The van der Waals surface area contributed by atoms with E-state index in [-0.39, 0.29) is 30.1 Å². The quantitative estimate of drug-likeness (QED) is 0.361. The molecule has 8 heteroatoms. The van der Waals surface area contributed by atoms with Gasteiger partial charge in [0.15, 0.2) is 5.96 Å². The first-order chi connectivity index (χ1) is 14.2. The highest BCUT2D eigenvalue weighted by atomic mass is 127. The van der Waals surface area contributed by atoms with Crippen molar-refractivity contribution >= 4 is 36.0 Å². The van der Waals surface area contributed by atoms with E-state index in [4.69, 9.17) is 4.74 Å². The number of benzene rings is 1. The number of guanidine groups is 1. The lowest BCUT2D eigenvalue weighted by atomic mass is 10.0. The van der Waals surface area contributed by atoms with E-state index in [0.717, 1.165) is 32.1 Å². The summed E-state index contributed by atoms with van der Waals surface area (Å²) in [6.45, 7) is 9.27. The molecule has 2 aliphatic rings. The van der Waals surface area contributed by atoms with Crippen molar-refractivity contribution in [3.05, 3.63) is 35.4 Å². The lowest BCUT2D eigenvalue weighted by Crippen LogP contribution is -2.53. The van der Waals surface area contributed by atoms with Crippen LogP contribution in [0.4, 0.5) is 4.79 Å². The van der Waals surface area contributed by atoms with E-state index in [0.29, 0.717) is 19.7 Å². The zero-order valence-corrected chi connectivity index (χ0v) is 20.6. The molecule has 0 aromatic heterocycles. The van der Waals surface area contributed by atoms with Crippen LogP contribution in [0.3, 0.4) is 0 Å². The zero-order valence-electron chi connectivity index (χ0n) is 18.3. The summed E-state index contributed by atoms with van der Waals surface area (Å²) in [6.07, 6.45) is 3.76. The monoisotopic (exact) mass is 529 g/mol. The Kier molecular flexibility index (Phi) is 10.7. The van der Waals surface area contributed by atoms with Gasteiger partial charge in [-0.3, -0.25) is 9.89 Å². The van der Waals surface area contributed by atoms with Gasteiger partial charge in [0.2, 0.25) is 0 Å². The van der Waals surface area contributed by atoms with E-state index in [2.05, 4.69) is 44.4 Å². The lowest BCUT2D eigenvalue weighted by molar-refractivity contribution is 0.0914. The number of ether oxygens (including phenoxy) is 1. The van der Waals surface area contributed by atoms with Gasteiger partial charge in [-0.05, 0) is 44.0 Å². The van der Waals surface area contributed by atoms with Gasteiger partial charge in [0.1, 0.15) is 0 Å². The largest absolute Gasteiger partial charge is 0.450 e. The van der Waals surface area contributed by atoms with Crippen molar-refractivity contribution in [2.24, 2.45) is 4.99 Å². The van der Waals surface area contributed by atoms with E-state index in [9.17, 15) is 4.79 Å². The molecule has 1 amide bonds. The summed E-state index contributed by atoms with van der Waals surface area (Å²) in [7, 11) is 1.82. The van der Waals surface area contributed by atoms with Crippen LogP contribution in [0.5, 0.6) is 0 Å². The fourth-order valence-electron chi connectivity index (χ4n) is 4.06. The molecule has 2 fully saturated rings. The first-order valence-corrected chi connectivity index (χ1v) is 10.9. The number of carbonyl (C=O) groups excluding carboxylic acids is 1. The van der Waals surface area contributed by atoms with Crippen molar-refractivity contribution in [1.29, 1.82) is 0 Å². The van der Waals surface area contributed by atoms with E-state index < -0.39 is 0 Å². The number of likely N-dealkylation sites (tertiary alicyclic amines) is 1. The number of aliphatic imine (C=N–C) groups is 1. The van der Waals surface area contributed by atoms with Gasteiger partial charge >= 0.3 is 6.09 Å². The van der Waals surface area contributed by atoms with Gasteiger partial charge in [-0.15, -0.1) is 24.0 Å². The summed E-state index contributed by atoms with van der Waals surface area (Å²) in [5.74, 6) is 0.890. The minimum absolute atomic E-state index is 0. The van der Waals surface area contributed by atoms with Crippen LogP contribution in [-0.2, 0) is 17.8 Å². The summed E-state index contributed by atoms with van der Waals surface area (Å²) in [5.41, 5.74) is 2.72. The van der Waals surface area contributed by atoms with E-state index in [1.165, 1.54) is 43.5 Å². The Hall–Kier alpha value is -1.55. The Labute approximate surface area is 197 Å². The Morgan fingerprint density at radius 2 is 1.63 bits per heavy atom. The SMILES string of the molecule is CCOC(=O)N1CCN(C(=NC)NCc2ccccc2CN2CCCCC2)CC1.I. The van der Waals surface area contributed by atoms with E-state index >= 15 is 0 Å². The molecule has 2 aliphatic heterocycles. The van der Waals surface area contributed by atoms with Crippen molar-refractivity contribution in [2.75, 3.05) is 52.9 Å². The number of hydrogen-bond donors (Lipinski definition) is 1. The predicted molar refractivity (Wildman–Crippen MR) is 131 cm³/mol. The fourth-order valence-corrected chi connectivity index (χ4v) is 4.06. The number of nitrogens with zero attached hydrogens (tertiary/aromatic N) is 4. The van der Waals surface area contributed by atoms with Crippen LogP contribution in [0.2, 0.25) is 0 Å². The molecule has 0 bridgehead atoms. The molecule has 0 radical (unpaired) electrons. The van der Waals surface area contributed by atoms with Crippen LogP contribution in [0.1, 0.15) is 37.3 Å². The minimum atomic E-state index is -0.221. The minimum Gasteiger partial charge on any atom is -0.450 e. The number of piperazine rings is 1. The van der Waals surface area contributed by atoms with Gasteiger partial charge < -0.3 is 19.9 Å². The summed E-state index contributed by atoms with van der Waals surface area (Å²) in [5, 5.41) is 3.53. The number of rotatable bonds is 5. The highest BCUT2D eigenvalue weighted by Gasteiger charge is 2.23. The number of piperidine rings is 1. The Morgan fingerprint density at radius 3 is 2.27 bits per heavy atom. The molecule has 7 nitrogen and oxygen atoms in total. The molecule has 0 atom stereocenters. The maximum absolute atomic E-state index is 11.9. The number of nitrogens with one attached hydrogen (secondary N) is 1. The van der Waals surface area contributed by atoms with Crippen molar-refractivity contribution < 1.29 is 9.53 Å². The van der Waals surface area contributed by atoms with Crippen LogP contribution in [-0.4, -0.2) is 79.7 Å². The number of carbonyl (C=O) groups is 1. The second-order valence-corrected chi connectivity index (χ2v) is 7.68. The summed E-state index contributed by atoms with van der Waals surface area (Å²) in [4.78, 5) is 22.9. The van der Waals surface area contributed by atoms with Gasteiger partial charge in [0, 0.05) is 46.3 Å². The third kappa shape index (κ3) is 7.01. The van der Waals surface area contributed by atoms with Gasteiger partial charge in [0.25, 0.3) is 0 Å². The molecule has 0 spiro atoms. The fraction of sp³-hybridized carbons (Fsp3) is 0.636. The average Bonchev–Trinajstić information content (AvgIpc) is 2.76. The normalized spacial score (nSPS) is 18.0. The molecule has 168 valence electrons. The maximum Gasteiger partial charge on any atom is 0.409 e. The van der Waals surface area contributed by atoms with Gasteiger partial charge in [0.05, 0.1) is 6.61 Å². The van der Waals surface area contributed by atoms with E-state index in [1.54, 1.807) is 4.90 Å². The van der Waals surface area contributed by atoms with Gasteiger partial charge in [-0.25, -0.2) is 4.79 Å². The zero-order chi connectivity index (χ0) is 20.5. The molecule has 2 heterocycles. The molecule has 0 saturated carbocycles. The number of halogens is 1. The molecule has 30 heavy (non-hydrogen) atoms. The molecule has 2 saturated heterocycles. The maximum atomic E-state index is 11.9. The molecule has 1 N–H and O–H groups in total. The molecular weight excluding hydrogens is 493 g/mol. The molecular formula is C22H36IN5O2. The second-order valence-electron chi connectivity index (χ2n) is 7.68. The lowest BCUT2D eigenvalue weighted by Gasteiger charge is -2.36. The smallest absolute Gasteiger partial charge is 0.409 e. The van der Waals surface area contributed by atoms with Crippen LogP contribution in [0.25, 0.3) is 0 Å². The summed E-state index contributed by atoms with van der Waals surface area (Å²) in [6, 6.07) is 8.69. The summed E-state index contributed by atoms with van der Waals surface area (Å²) < 4.78 is 5.10. The Morgan fingerprint density at radius 1 is 1.00 bits per heavy atom. The van der Waals surface area contributed by atoms with Gasteiger partial charge in [-0.2, -0.15) is 0 Å². The third-order valence-corrected chi connectivity index (χ3v) is 5.71. The van der Waals surface area contributed by atoms with Gasteiger partial charge in [-0.1, -0.05) is 30.7 Å². The first kappa shape index (κ1) is 24.7. The van der Waals surface area contributed by atoms with Crippen molar-refractivity contribution in [3.8, 4) is 0 Å². The van der Waals surface area contributed by atoms with Crippen LogP contribution in [0.15, 0.2) is 29.3 Å². The molecule has 0 aliphatic carbocycles. The van der Waals surface area contributed by atoms with Crippen LogP contribution in [0, 0.1) is 0 Å².